The third kappa shape index (κ3) is 4.35. The molecule has 0 bridgehead atoms. The van der Waals surface area contributed by atoms with Gasteiger partial charge >= 0.3 is 0 Å². The highest BCUT2D eigenvalue weighted by atomic mass is 32.1. The lowest BCUT2D eigenvalue weighted by molar-refractivity contribution is -0.136. The Balaban J connectivity index is 1.42. The lowest BCUT2D eigenvalue weighted by Gasteiger charge is -2.31. The summed E-state index contributed by atoms with van der Waals surface area (Å²) < 4.78 is 5.50. The van der Waals surface area contributed by atoms with Gasteiger partial charge in [0.15, 0.2) is 6.61 Å². The summed E-state index contributed by atoms with van der Waals surface area (Å²) in [5.41, 5.74) is 0.847. The highest BCUT2D eigenvalue weighted by Gasteiger charge is 2.27. The van der Waals surface area contributed by atoms with Crippen LogP contribution in [0.1, 0.15) is 12.8 Å². The van der Waals surface area contributed by atoms with Gasteiger partial charge < -0.3 is 15.0 Å². The van der Waals surface area contributed by atoms with Gasteiger partial charge in [-0.25, -0.2) is 0 Å². The van der Waals surface area contributed by atoms with Crippen molar-refractivity contribution in [1.29, 1.82) is 0 Å². The molecular weight excluding hydrogens is 324 g/mol. The molecule has 2 heterocycles. The topological polar surface area (TPSA) is 58.6 Å². The maximum atomic E-state index is 12.2. The number of amides is 2. The molecule has 1 aliphatic rings. The number of para-hydroxylation sites is 1. The van der Waals surface area contributed by atoms with Crippen LogP contribution in [0, 0.1) is 5.92 Å². The number of anilines is 1. The molecule has 126 valence electrons. The van der Waals surface area contributed by atoms with Gasteiger partial charge in [-0.05, 0) is 36.4 Å². The van der Waals surface area contributed by atoms with Gasteiger partial charge in [0.05, 0.1) is 5.69 Å². The molecule has 2 aromatic rings. The highest BCUT2D eigenvalue weighted by Crippen LogP contribution is 2.21. The largest absolute Gasteiger partial charge is 0.484 e. The molecule has 1 aliphatic heterocycles. The molecule has 1 fully saturated rings. The first-order valence-electron chi connectivity index (χ1n) is 8.01. The number of hydrogen-bond acceptors (Lipinski definition) is 4. The minimum Gasteiger partial charge on any atom is -0.484 e. The zero-order valence-electron chi connectivity index (χ0n) is 13.3. The van der Waals surface area contributed by atoms with E-state index in [2.05, 4.69) is 5.32 Å². The summed E-state index contributed by atoms with van der Waals surface area (Å²) in [6.45, 7) is 1.23. The van der Waals surface area contributed by atoms with Crippen molar-refractivity contribution < 1.29 is 14.3 Å². The summed E-state index contributed by atoms with van der Waals surface area (Å²) >= 11 is 1.55. The van der Waals surface area contributed by atoms with E-state index in [0.29, 0.717) is 31.7 Å². The standard InChI is InChI=1S/C18H20N2O3S/c21-17(12-23-16-4-2-1-3-5-16)20-9-6-14(7-10-20)18(22)19-15-8-11-24-13-15/h1-5,8,11,13-14H,6-7,9-10,12H2,(H,19,22). The second-order valence-corrected chi connectivity index (χ2v) is 6.54. The quantitative estimate of drug-likeness (QED) is 0.907. The second kappa shape index (κ2) is 7.97. The Kier molecular flexibility index (Phi) is 5.48. The van der Waals surface area contributed by atoms with E-state index in [4.69, 9.17) is 4.74 Å². The van der Waals surface area contributed by atoms with Crippen LogP contribution in [0.3, 0.4) is 0 Å². The van der Waals surface area contributed by atoms with Crippen LogP contribution in [0.4, 0.5) is 5.69 Å². The number of nitrogens with one attached hydrogen (secondary N) is 1. The van der Waals surface area contributed by atoms with Crippen LogP contribution < -0.4 is 10.1 Å². The van der Waals surface area contributed by atoms with E-state index < -0.39 is 0 Å². The molecule has 1 aromatic carbocycles. The number of nitrogens with zero attached hydrogens (tertiary/aromatic N) is 1. The Labute approximate surface area is 145 Å². The highest BCUT2D eigenvalue weighted by molar-refractivity contribution is 7.08. The van der Waals surface area contributed by atoms with Gasteiger partial charge in [-0.3, -0.25) is 9.59 Å². The van der Waals surface area contributed by atoms with E-state index in [0.717, 1.165) is 5.69 Å². The molecule has 24 heavy (non-hydrogen) atoms. The van der Waals surface area contributed by atoms with E-state index in [9.17, 15) is 9.59 Å². The first-order chi connectivity index (χ1) is 11.7. The number of carbonyl (C=O) groups excluding carboxylic acids is 2. The molecule has 2 amide bonds. The van der Waals surface area contributed by atoms with Gasteiger partial charge in [0, 0.05) is 24.4 Å². The zero-order chi connectivity index (χ0) is 16.8. The molecule has 0 unspecified atom stereocenters. The number of rotatable bonds is 5. The van der Waals surface area contributed by atoms with Crippen LogP contribution in [-0.2, 0) is 9.59 Å². The lowest BCUT2D eigenvalue weighted by Crippen LogP contribution is -2.43. The van der Waals surface area contributed by atoms with Crippen molar-refractivity contribution >= 4 is 28.8 Å². The number of ether oxygens (including phenoxy) is 1. The third-order valence-corrected chi connectivity index (χ3v) is 4.80. The Bertz CT molecular complexity index is 665. The molecule has 6 heteroatoms. The molecule has 3 rings (SSSR count). The lowest BCUT2D eigenvalue weighted by atomic mass is 9.96. The Morgan fingerprint density at radius 2 is 1.92 bits per heavy atom. The summed E-state index contributed by atoms with van der Waals surface area (Å²) in [6.07, 6.45) is 1.38. The predicted octanol–water partition coefficient (Wildman–Crippen LogP) is 3.00. The number of carbonyl (C=O) groups is 2. The summed E-state index contributed by atoms with van der Waals surface area (Å²) in [7, 11) is 0. The maximum Gasteiger partial charge on any atom is 0.260 e. The number of hydrogen-bond donors (Lipinski definition) is 1. The Hall–Kier alpha value is -2.34. The zero-order valence-corrected chi connectivity index (χ0v) is 14.1. The van der Waals surface area contributed by atoms with Gasteiger partial charge in [-0.1, -0.05) is 18.2 Å². The normalized spacial score (nSPS) is 15.1. The molecule has 1 aromatic heterocycles. The summed E-state index contributed by atoms with van der Waals surface area (Å²) in [6, 6.07) is 11.2. The minimum absolute atomic E-state index is 0.0319. The van der Waals surface area contributed by atoms with E-state index in [1.165, 1.54) is 0 Å². The summed E-state index contributed by atoms with van der Waals surface area (Å²) in [5, 5.41) is 6.77. The fraction of sp³-hybridized carbons (Fsp3) is 0.333. The van der Waals surface area contributed by atoms with Crippen LogP contribution in [0.2, 0.25) is 0 Å². The molecular formula is C18H20N2O3S. The number of thiophene rings is 1. The van der Waals surface area contributed by atoms with Gasteiger partial charge in [0.2, 0.25) is 5.91 Å². The molecule has 0 atom stereocenters. The van der Waals surface area contributed by atoms with Crippen LogP contribution in [-0.4, -0.2) is 36.4 Å². The van der Waals surface area contributed by atoms with Crippen LogP contribution in [0.5, 0.6) is 5.75 Å². The number of piperidine rings is 1. The third-order valence-electron chi connectivity index (χ3n) is 4.11. The maximum absolute atomic E-state index is 12.2. The van der Waals surface area contributed by atoms with Crippen molar-refractivity contribution in [3.8, 4) is 5.75 Å². The van der Waals surface area contributed by atoms with E-state index in [-0.39, 0.29) is 24.3 Å². The molecule has 1 saturated heterocycles. The van der Waals surface area contributed by atoms with Crippen molar-refractivity contribution in [2.24, 2.45) is 5.92 Å². The van der Waals surface area contributed by atoms with E-state index >= 15 is 0 Å². The average Bonchev–Trinajstić information content (AvgIpc) is 3.13. The molecule has 0 radical (unpaired) electrons. The first kappa shape index (κ1) is 16.5. The molecule has 1 N–H and O–H groups in total. The Morgan fingerprint density at radius 1 is 1.17 bits per heavy atom. The van der Waals surface area contributed by atoms with Gasteiger partial charge in [0.1, 0.15) is 5.75 Å². The first-order valence-corrected chi connectivity index (χ1v) is 8.95. The summed E-state index contributed by atoms with van der Waals surface area (Å²) in [4.78, 5) is 26.2. The molecule has 0 saturated carbocycles. The Morgan fingerprint density at radius 3 is 2.58 bits per heavy atom. The SMILES string of the molecule is O=C(Nc1ccsc1)C1CCN(C(=O)COc2ccccc2)CC1. The van der Waals surface area contributed by atoms with E-state index in [1.807, 2.05) is 47.2 Å². The summed E-state index contributed by atoms with van der Waals surface area (Å²) in [5.74, 6) is 0.663. The number of likely N-dealkylation sites (tertiary alicyclic amines) is 1. The van der Waals surface area contributed by atoms with Gasteiger partial charge in [-0.2, -0.15) is 11.3 Å². The van der Waals surface area contributed by atoms with E-state index in [1.54, 1.807) is 16.2 Å². The second-order valence-electron chi connectivity index (χ2n) is 5.76. The van der Waals surface area contributed by atoms with Crippen molar-refractivity contribution in [3.63, 3.8) is 0 Å². The van der Waals surface area contributed by atoms with Crippen molar-refractivity contribution in [2.45, 2.75) is 12.8 Å². The fourth-order valence-electron chi connectivity index (χ4n) is 2.72. The predicted molar refractivity (Wildman–Crippen MR) is 94.2 cm³/mol. The number of benzene rings is 1. The average molecular weight is 344 g/mol. The fourth-order valence-corrected chi connectivity index (χ4v) is 3.31. The van der Waals surface area contributed by atoms with Crippen LogP contribution in [0.15, 0.2) is 47.2 Å². The van der Waals surface area contributed by atoms with Crippen molar-refractivity contribution in [3.05, 3.63) is 47.2 Å². The monoisotopic (exact) mass is 344 g/mol. The van der Waals surface area contributed by atoms with Gasteiger partial charge in [-0.15, -0.1) is 0 Å². The van der Waals surface area contributed by atoms with Crippen LogP contribution in [0.25, 0.3) is 0 Å². The van der Waals surface area contributed by atoms with Gasteiger partial charge in [0.25, 0.3) is 5.91 Å². The van der Waals surface area contributed by atoms with Crippen molar-refractivity contribution in [1.82, 2.24) is 4.90 Å². The molecule has 0 aliphatic carbocycles. The smallest absolute Gasteiger partial charge is 0.260 e. The molecule has 0 spiro atoms. The molecule has 5 nitrogen and oxygen atoms in total. The van der Waals surface area contributed by atoms with Crippen molar-refractivity contribution in [2.75, 3.05) is 25.0 Å². The minimum atomic E-state index is -0.0380. The van der Waals surface area contributed by atoms with Crippen LogP contribution >= 0.6 is 11.3 Å².